The third kappa shape index (κ3) is 6.79. The molecule has 6 nitrogen and oxygen atoms in total. The molecule has 4 aromatic carbocycles. The Hall–Kier alpha value is -4.13. The van der Waals surface area contributed by atoms with Gasteiger partial charge in [-0.25, -0.2) is 4.98 Å². The van der Waals surface area contributed by atoms with Gasteiger partial charge in [-0.15, -0.1) is 0 Å². The highest BCUT2D eigenvalue weighted by atomic mass is 35.5. The second-order valence-electron chi connectivity index (χ2n) is 10.6. The van der Waals surface area contributed by atoms with Gasteiger partial charge in [-0.05, 0) is 79.0 Å². The smallest absolute Gasteiger partial charge is 0.228 e. The van der Waals surface area contributed by atoms with Crippen molar-refractivity contribution in [2.45, 2.75) is 32.5 Å². The average molecular weight is 565 g/mol. The minimum Gasteiger partial charge on any atom is -0.489 e. The number of para-hydroxylation sites is 2. The number of rotatable bonds is 9. The van der Waals surface area contributed by atoms with Crippen LogP contribution in [0.5, 0.6) is 5.75 Å². The molecule has 0 saturated carbocycles. The number of fused-ring (bicyclic) bond motifs is 1. The van der Waals surface area contributed by atoms with Crippen LogP contribution in [0.3, 0.4) is 0 Å². The van der Waals surface area contributed by atoms with E-state index in [1.54, 1.807) is 0 Å². The van der Waals surface area contributed by atoms with Gasteiger partial charge >= 0.3 is 0 Å². The standard InChI is InChI=1S/C34H33ClN4O2/c35-28-14-12-25(13-15-28)21-39-32-11-5-4-10-31(32)37-33(39)23-38-20-6-9-27(22-38)34(40)36-29-16-18-30(19-17-29)41-24-26-7-2-1-3-8-26/h1-5,7-8,10-19,27H,6,9,20-24H2,(H,36,40)/t27-/m0/s1. The van der Waals surface area contributed by atoms with Crippen molar-refractivity contribution in [3.05, 3.63) is 125 Å². The van der Waals surface area contributed by atoms with Gasteiger partial charge in [-0.1, -0.05) is 66.2 Å². The zero-order chi connectivity index (χ0) is 28.0. The molecule has 1 aliphatic rings. The van der Waals surface area contributed by atoms with Gasteiger partial charge < -0.3 is 14.6 Å². The zero-order valence-electron chi connectivity index (χ0n) is 22.9. The summed E-state index contributed by atoms with van der Waals surface area (Å²) in [5, 5.41) is 3.85. The summed E-state index contributed by atoms with van der Waals surface area (Å²) >= 11 is 6.12. The first-order valence-electron chi connectivity index (χ1n) is 14.1. The summed E-state index contributed by atoms with van der Waals surface area (Å²) in [6.45, 7) is 3.57. The number of anilines is 1. The molecule has 1 fully saturated rings. The SMILES string of the molecule is O=C(Nc1ccc(OCc2ccccc2)cc1)[C@H]1CCCN(Cc2nc3ccccc3n2Cc2ccc(Cl)cc2)C1. The van der Waals surface area contributed by atoms with Gasteiger partial charge in [0.2, 0.25) is 5.91 Å². The van der Waals surface area contributed by atoms with Crippen molar-refractivity contribution in [1.29, 1.82) is 0 Å². The quantitative estimate of drug-likeness (QED) is 0.206. The van der Waals surface area contributed by atoms with Crippen molar-refractivity contribution < 1.29 is 9.53 Å². The molecular formula is C34H33ClN4O2. The van der Waals surface area contributed by atoms with Crippen LogP contribution in [-0.2, 0) is 24.5 Å². The molecule has 7 heteroatoms. The topological polar surface area (TPSA) is 59.4 Å². The number of hydrogen-bond donors (Lipinski definition) is 1. The third-order valence-corrected chi connectivity index (χ3v) is 7.85. The van der Waals surface area contributed by atoms with E-state index < -0.39 is 0 Å². The molecule has 1 aliphatic heterocycles. The van der Waals surface area contributed by atoms with Crippen LogP contribution in [0, 0.1) is 5.92 Å². The maximum Gasteiger partial charge on any atom is 0.228 e. The summed E-state index contributed by atoms with van der Waals surface area (Å²) in [5.74, 6) is 1.76. The molecule has 0 bridgehead atoms. The van der Waals surface area contributed by atoms with Gasteiger partial charge in [0.05, 0.1) is 23.5 Å². The molecule has 1 amide bonds. The first kappa shape index (κ1) is 27.1. The van der Waals surface area contributed by atoms with Crippen LogP contribution in [0.4, 0.5) is 5.69 Å². The second-order valence-corrected chi connectivity index (χ2v) is 11.0. The number of likely N-dealkylation sites (tertiary alicyclic amines) is 1. The van der Waals surface area contributed by atoms with Crippen LogP contribution >= 0.6 is 11.6 Å². The van der Waals surface area contributed by atoms with E-state index in [4.69, 9.17) is 21.3 Å². The van der Waals surface area contributed by atoms with Gasteiger partial charge in [0.1, 0.15) is 18.2 Å². The highest BCUT2D eigenvalue weighted by Gasteiger charge is 2.27. The Morgan fingerprint density at radius 2 is 1.63 bits per heavy atom. The molecule has 41 heavy (non-hydrogen) atoms. The minimum absolute atomic E-state index is 0.0577. The van der Waals surface area contributed by atoms with E-state index in [0.717, 1.165) is 64.8 Å². The Labute approximate surface area is 245 Å². The van der Waals surface area contributed by atoms with Crippen molar-refractivity contribution in [2.24, 2.45) is 5.92 Å². The molecule has 1 atom stereocenters. The summed E-state index contributed by atoms with van der Waals surface area (Å²) in [6, 6.07) is 33.9. The molecule has 208 valence electrons. The molecule has 2 heterocycles. The molecular weight excluding hydrogens is 532 g/mol. The summed E-state index contributed by atoms with van der Waals surface area (Å²) < 4.78 is 8.16. The highest BCUT2D eigenvalue weighted by molar-refractivity contribution is 6.30. The Morgan fingerprint density at radius 1 is 0.878 bits per heavy atom. The van der Waals surface area contributed by atoms with Crippen molar-refractivity contribution in [3.63, 3.8) is 0 Å². The van der Waals surface area contributed by atoms with Gasteiger partial charge in [0.15, 0.2) is 0 Å². The van der Waals surface area contributed by atoms with Gasteiger partial charge in [0, 0.05) is 23.8 Å². The Bertz CT molecular complexity index is 1600. The molecule has 5 aromatic rings. The fourth-order valence-corrected chi connectivity index (χ4v) is 5.55. The van der Waals surface area contributed by atoms with Crippen LogP contribution in [0.2, 0.25) is 5.02 Å². The van der Waals surface area contributed by atoms with Crippen molar-refractivity contribution in [2.75, 3.05) is 18.4 Å². The van der Waals surface area contributed by atoms with Crippen molar-refractivity contribution >= 4 is 34.2 Å². The van der Waals surface area contributed by atoms with E-state index in [0.29, 0.717) is 19.7 Å². The number of nitrogens with zero attached hydrogens (tertiary/aromatic N) is 3. The summed E-state index contributed by atoms with van der Waals surface area (Å²) in [4.78, 5) is 20.6. The number of benzene rings is 4. The first-order chi connectivity index (χ1) is 20.1. The third-order valence-electron chi connectivity index (χ3n) is 7.60. The number of halogens is 1. The maximum atomic E-state index is 13.2. The number of nitrogens with one attached hydrogen (secondary N) is 1. The van der Waals surface area contributed by atoms with E-state index in [1.165, 1.54) is 5.56 Å². The molecule has 6 rings (SSSR count). The maximum absolute atomic E-state index is 13.2. The average Bonchev–Trinajstić information content (AvgIpc) is 3.35. The number of piperidine rings is 1. The van der Waals surface area contributed by atoms with Gasteiger partial charge in [0.25, 0.3) is 0 Å². The van der Waals surface area contributed by atoms with E-state index in [2.05, 4.69) is 45.1 Å². The Balaban J connectivity index is 1.09. The number of amides is 1. The highest BCUT2D eigenvalue weighted by Crippen LogP contribution is 2.25. The Morgan fingerprint density at radius 3 is 2.44 bits per heavy atom. The number of hydrogen-bond acceptors (Lipinski definition) is 4. The normalized spacial score (nSPS) is 15.6. The lowest BCUT2D eigenvalue weighted by molar-refractivity contribution is -0.121. The van der Waals surface area contributed by atoms with E-state index >= 15 is 0 Å². The molecule has 0 unspecified atom stereocenters. The van der Waals surface area contributed by atoms with E-state index in [-0.39, 0.29) is 11.8 Å². The van der Waals surface area contributed by atoms with Crippen LogP contribution in [-0.4, -0.2) is 33.4 Å². The molecule has 0 spiro atoms. The van der Waals surface area contributed by atoms with E-state index in [1.807, 2.05) is 72.8 Å². The molecule has 1 saturated heterocycles. The summed E-state index contributed by atoms with van der Waals surface area (Å²) in [6.07, 6.45) is 1.85. The van der Waals surface area contributed by atoms with E-state index in [9.17, 15) is 4.79 Å². The zero-order valence-corrected chi connectivity index (χ0v) is 23.6. The fraction of sp³-hybridized carbons (Fsp3) is 0.235. The Kier molecular flexibility index (Phi) is 8.31. The monoisotopic (exact) mass is 564 g/mol. The number of carbonyl (C=O) groups is 1. The van der Waals surface area contributed by atoms with Gasteiger partial charge in [-0.2, -0.15) is 0 Å². The number of imidazole rings is 1. The van der Waals surface area contributed by atoms with Crippen LogP contribution in [0.1, 0.15) is 29.8 Å². The minimum atomic E-state index is -0.0770. The van der Waals surface area contributed by atoms with Crippen molar-refractivity contribution in [3.8, 4) is 5.75 Å². The lowest BCUT2D eigenvalue weighted by atomic mass is 9.97. The van der Waals surface area contributed by atoms with Crippen LogP contribution in [0.25, 0.3) is 11.0 Å². The summed E-state index contributed by atoms with van der Waals surface area (Å²) in [7, 11) is 0. The number of aromatic nitrogens is 2. The number of ether oxygens (including phenoxy) is 1. The molecule has 0 aliphatic carbocycles. The lowest BCUT2D eigenvalue weighted by Gasteiger charge is -2.31. The fourth-order valence-electron chi connectivity index (χ4n) is 5.43. The van der Waals surface area contributed by atoms with Crippen LogP contribution < -0.4 is 10.1 Å². The first-order valence-corrected chi connectivity index (χ1v) is 14.5. The second kappa shape index (κ2) is 12.6. The number of carbonyl (C=O) groups excluding carboxylic acids is 1. The summed E-state index contributed by atoms with van der Waals surface area (Å²) in [5.41, 5.74) is 5.17. The largest absolute Gasteiger partial charge is 0.489 e. The predicted octanol–water partition coefficient (Wildman–Crippen LogP) is 7.17. The predicted molar refractivity (Wildman–Crippen MR) is 164 cm³/mol. The lowest BCUT2D eigenvalue weighted by Crippen LogP contribution is -2.40. The van der Waals surface area contributed by atoms with Crippen LogP contribution in [0.15, 0.2) is 103 Å². The molecule has 0 radical (unpaired) electrons. The van der Waals surface area contributed by atoms with Gasteiger partial charge in [-0.3, -0.25) is 9.69 Å². The molecule has 1 aromatic heterocycles. The molecule has 1 N–H and O–H groups in total. The van der Waals surface area contributed by atoms with Crippen molar-refractivity contribution in [1.82, 2.24) is 14.5 Å².